The zero-order chi connectivity index (χ0) is 42.9. The molecule has 0 spiro atoms. The zero-order valence-electron chi connectivity index (χ0n) is 34.5. The number of hydrogen-bond donors (Lipinski definition) is 4. The maximum Gasteiger partial charge on any atom is 0.326 e. The predicted octanol–water partition coefficient (Wildman–Crippen LogP) is 5.77. The molecule has 2 amide bonds. The first kappa shape index (κ1) is 45.7. The third-order valence-electron chi connectivity index (χ3n) is 10.2. The number of unbranched alkanes of at least 4 members (excludes halogenated alkanes) is 1. The number of ether oxygens (including phenoxy) is 1. The van der Waals surface area contributed by atoms with Crippen molar-refractivity contribution in [3.8, 4) is 22.5 Å². The molecule has 4 N–H and O–H groups in total. The number of H-pyrrole nitrogens is 1. The first-order valence-corrected chi connectivity index (χ1v) is 20.3. The fourth-order valence-electron chi connectivity index (χ4n) is 7.16. The minimum absolute atomic E-state index is 0.125. The maximum atomic E-state index is 12.9. The zero-order valence-corrected chi connectivity index (χ0v) is 34.5. The van der Waals surface area contributed by atoms with E-state index in [1.807, 2.05) is 99.6 Å². The molecule has 0 unspecified atom stereocenters. The van der Waals surface area contributed by atoms with E-state index in [0.29, 0.717) is 44.5 Å². The van der Waals surface area contributed by atoms with E-state index in [0.717, 1.165) is 40.7 Å². The monoisotopic (exact) mass is 811 g/mol. The summed E-state index contributed by atoms with van der Waals surface area (Å²) in [6.45, 7) is 10.0. The van der Waals surface area contributed by atoms with Crippen LogP contribution in [0, 0.1) is 5.92 Å². The van der Waals surface area contributed by atoms with Crippen molar-refractivity contribution in [2.24, 2.45) is 5.92 Å². The van der Waals surface area contributed by atoms with Gasteiger partial charge in [-0.25, -0.2) is 9.59 Å². The maximum absolute atomic E-state index is 12.9. The molecule has 5 rings (SSSR count). The van der Waals surface area contributed by atoms with E-state index in [1.54, 1.807) is 13.8 Å². The van der Waals surface area contributed by atoms with Gasteiger partial charge in [-0.1, -0.05) is 106 Å². The van der Waals surface area contributed by atoms with E-state index in [1.165, 1.54) is 9.80 Å². The summed E-state index contributed by atoms with van der Waals surface area (Å²) in [4.78, 5) is 64.0. The van der Waals surface area contributed by atoms with Crippen LogP contribution in [0.1, 0.15) is 84.3 Å². The molecule has 0 radical (unpaired) electrons. The third-order valence-corrected chi connectivity index (χ3v) is 10.2. The second kappa shape index (κ2) is 22.8. The molecule has 0 aliphatic carbocycles. The Hall–Kier alpha value is -5.96. The molecule has 1 aliphatic rings. The number of esters is 1. The van der Waals surface area contributed by atoms with Crippen LogP contribution < -0.4 is 5.32 Å². The minimum Gasteiger partial charge on any atom is -0.480 e. The first-order valence-electron chi connectivity index (χ1n) is 20.3. The Kier molecular flexibility index (Phi) is 17.7. The Morgan fingerprint density at radius 3 is 2.19 bits per heavy atom. The number of benzene rings is 3. The lowest BCUT2D eigenvalue weighted by Crippen LogP contribution is -2.53. The lowest BCUT2D eigenvalue weighted by Gasteiger charge is -2.32. The first-order chi connectivity index (χ1) is 28.4. The van der Waals surface area contributed by atoms with Crippen molar-refractivity contribution >= 4 is 29.7 Å². The van der Waals surface area contributed by atoms with Gasteiger partial charge in [0.25, 0.3) is 0 Å². The number of carbonyl (C=O) groups is 5. The highest BCUT2D eigenvalue weighted by Gasteiger charge is 2.37. The summed E-state index contributed by atoms with van der Waals surface area (Å²) in [6, 6.07) is 22.4. The van der Waals surface area contributed by atoms with Crippen molar-refractivity contribution in [3.63, 3.8) is 0 Å². The Balaban J connectivity index is 0.000000265. The molecule has 3 aromatic carbocycles. The average molecular weight is 812 g/mol. The summed E-state index contributed by atoms with van der Waals surface area (Å²) >= 11 is 0. The average Bonchev–Trinajstić information content (AvgIpc) is 3.96. The van der Waals surface area contributed by atoms with E-state index >= 15 is 0 Å². The van der Waals surface area contributed by atoms with Gasteiger partial charge in [0, 0.05) is 25.1 Å². The summed E-state index contributed by atoms with van der Waals surface area (Å²) < 4.78 is 5.14. The highest BCUT2D eigenvalue weighted by molar-refractivity contribution is 5.88. The lowest BCUT2D eigenvalue weighted by molar-refractivity contribution is -0.153. The number of nitrogens with one attached hydrogen (secondary N) is 2. The van der Waals surface area contributed by atoms with Crippen molar-refractivity contribution in [2.75, 3.05) is 13.2 Å². The van der Waals surface area contributed by atoms with Crippen LogP contribution in [0.15, 0.2) is 78.9 Å². The molecular weight excluding hydrogens is 755 g/mol. The number of carbonyl (C=O) groups excluding carboxylic acids is 3. The third kappa shape index (κ3) is 13.0. The molecule has 1 fully saturated rings. The summed E-state index contributed by atoms with van der Waals surface area (Å²) in [6.07, 6.45) is 4.26. The fraction of sp³-hybridized carbons (Fsp3) is 0.455. The largest absolute Gasteiger partial charge is 0.480 e. The molecule has 2 heterocycles. The van der Waals surface area contributed by atoms with Crippen LogP contribution in [-0.4, -0.2) is 108 Å². The van der Waals surface area contributed by atoms with E-state index in [2.05, 4.69) is 25.9 Å². The van der Waals surface area contributed by atoms with Gasteiger partial charge in [-0.2, -0.15) is 5.21 Å². The quantitative estimate of drug-likeness (QED) is 0.0833. The van der Waals surface area contributed by atoms with Gasteiger partial charge in [0.15, 0.2) is 0 Å². The van der Waals surface area contributed by atoms with Crippen LogP contribution in [0.2, 0.25) is 0 Å². The van der Waals surface area contributed by atoms with Gasteiger partial charge in [-0.05, 0) is 79.3 Å². The van der Waals surface area contributed by atoms with Crippen LogP contribution in [0.3, 0.4) is 0 Å². The summed E-state index contributed by atoms with van der Waals surface area (Å²) in [5.74, 6) is -2.47. The predicted molar refractivity (Wildman–Crippen MR) is 222 cm³/mol. The van der Waals surface area contributed by atoms with Gasteiger partial charge in [-0.3, -0.25) is 19.7 Å². The number of likely N-dealkylation sites (tertiary alicyclic amines) is 1. The van der Waals surface area contributed by atoms with Gasteiger partial charge in [0.05, 0.1) is 12.6 Å². The van der Waals surface area contributed by atoms with Gasteiger partial charge in [0.2, 0.25) is 17.6 Å². The normalized spacial score (nSPS) is 15.1. The number of carboxylic acids is 2. The molecule has 1 saturated heterocycles. The van der Waals surface area contributed by atoms with Gasteiger partial charge in [0.1, 0.15) is 18.1 Å². The highest BCUT2D eigenvalue weighted by Crippen LogP contribution is 2.30. The molecule has 1 aromatic heterocycles. The van der Waals surface area contributed by atoms with Crippen molar-refractivity contribution in [1.82, 2.24) is 35.7 Å². The van der Waals surface area contributed by atoms with Crippen LogP contribution in [0.25, 0.3) is 22.5 Å². The van der Waals surface area contributed by atoms with Crippen LogP contribution >= 0.6 is 0 Å². The minimum atomic E-state index is -0.987. The van der Waals surface area contributed by atoms with Crippen molar-refractivity contribution in [2.45, 2.75) is 110 Å². The van der Waals surface area contributed by atoms with Crippen LogP contribution in [0.4, 0.5) is 0 Å². The highest BCUT2D eigenvalue weighted by atomic mass is 16.5. The number of aromatic nitrogens is 4. The molecule has 316 valence electrons. The molecule has 15 nitrogen and oxygen atoms in total. The Morgan fingerprint density at radius 1 is 0.915 bits per heavy atom. The second-order valence-electron chi connectivity index (χ2n) is 14.9. The molecule has 4 aromatic rings. The smallest absolute Gasteiger partial charge is 0.326 e. The Bertz CT molecular complexity index is 1960. The molecule has 4 atom stereocenters. The lowest BCUT2D eigenvalue weighted by atomic mass is 9.97. The molecule has 0 saturated carbocycles. The molecule has 59 heavy (non-hydrogen) atoms. The standard InChI is InChI=1S/C24H29N5O3.C20H28N2O5/c1-4-5-10-21(30)29(22(16(2)3)24(31)32)15-17-11-13-18(14-12-17)19-8-6-7-9-20(19)23-25-27-28-26-23;1-3-27-20(26)16(12-11-15-8-5-4-6-9-15)21-14(2)18(23)22-13-7-10-17(22)19(24)25/h6-9,11-14,16,22H,4-5,10,15H2,1-3H3,(H,31,32)(H,25,26,27,28);4-6,8-9,14,16-17,21H,3,7,10-13H2,1-2H3,(H,24,25)/t22-;14-,16-,17-/m00/s1. The number of nitrogens with zero attached hydrogens (tertiary/aromatic N) is 5. The van der Waals surface area contributed by atoms with Crippen LogP contribution in [0.5, 0.6) is 0 Å². The number of aryl methyl sites for hydroxylation is 1. The number of aromatic amines is 1. The number of rotatable bonds is 19. The summed E-state index contributed by atoms with van der Waals surface area (Å²) in [5, 5.41) is 36.4. The SMILES string of the molecule is CCCCC(=O)N(Cc1ccc(-c2ccccc2-c2nn[nH]n2)cc1)[C@H](C(=O)O)C(C)C.CCOC(=O)[C@H](CCc1ccccc1)N[C@@H](C)C(=O)N1CCC[C@H]1C(=O)O. The molecule has 0 bridgehead atoms. The Labute approximate surface area is 345 Å². The number of amides is 2. The van der Waals surface area contributed by atoms with Gasteiger partial charge >= 0.3 is 17.9 Å². The fourth-order valence-corrected chi connectivity index (χ4v) is 7.16. The molecular formula is C44H57N7O8. The van der Waals surface area contributed by atoms with E-state index < -0.39 is 42.1 Å². The van der Waals surface area contributed by atoms with Gasteiger partial charge < -0.3 is 24.7 Å². The summed E-state index contributed by atoms with van der Waals surface area (Å²) in [5.41, 5.74) is 4.76. The molecule has 1 aliphatic heterocycles. The number of aliphatic carboxylic acids is 2. The summed E-state index contributed by atoms with van der Waals surface area (Å²) in [7, 11) is 0. The van der Waals surface area contributed by atoms with Crippen molar-refractivity contribution in [3.05, 3.63) is 90.0 Å². The van der Waals surface area contributed by atoms with Crippen molar-refractivity contribution in [1.29, 1.82) is 0 Å². The number of tetrazole rings is 1. The Morgan fingerprint density at radius 2 is 1.59 bits per heavy atom. The van der Waals surface area contributed by atoms with E-state index in [4.69, 9.17) is 4.74 Å². The van der Waals surface area contributed by atoms with Crippen LogP contribution in [-0.2, 0) is 41.7 Å². The topological polar surface area (TPSA) is 208 Å². The number of hydrogen-bond acceptors (Lipinski definition) is 10. The van der Waals surface area contributed by atoms with Crippen molar-refractivity contribution < 1.29 is 38.9 Å². The molecule has 15 heteroatoms. The number of carboxylic acid groups (broad SMARTS) is 2. The second-order valence-corrected chi connectivity index (χ2v) is 14.9. The van der Waals surface area contributed by atoms with E-state index in [9.17, 15) is 34.2 Å². The van der Waals surface area contributed by atoms with Gasteiger partial charge in [-0.15, -0.1) is 10.2 Å². The van der Waals surface area contributed by atoms with E-state index in [-0.39, 0.29) is 30.9 Å².